The molecule has 1 aliphatic rings. The lowest BCUT2D eigenvalue weighted by Crippen LogP contribution is -2.37. The highest BCUT2D eigenvalue weighted by Crippen LogP contribution is 2.24. The number of benzene rings is 1. The first kappa shape index (κ1) is 17.9. The zero-order chi connectivity index (χ0) is 19.2. The lowest BCUT2D eigenvalue weighted by atomic mass is 10.2. The molecule has 3 aromatic rings. The molecule has 0 unspecified atom stereocenters. The van der Waals surface area contributed by atoms with Crippen molar-refractivity contribution in [3.8, 4) is 17.4 Å². The molecule has 7 nitrogen and oxygen atoms in total. The molecule has 1 saturated heterocycles. The number of hydrogen-bond donors (Lipinski definition) is 0. The first-order valence-corrected chi connectivity index (χ1v) is 8.98. The molecule has 1 aliphatic heterocycles. The minimum Gasteiger partial charge on any atom is -0.439 e. The molecule has 0 amide bonds. The van der Waals surface area contributed by atoms with Crippen LogP contribution in [0.15, 0.2) is 67.0 Å². The lowest BCUT2D eigenvalue weighted by Gasteiger charge is -2.28. The van der Waals surface area contributed by atoms with E-state index in [4.69, 9.17) is 14.2 Å². The third-order valence-electron chi connectivity index (χ3n) is 4.21. The van der Waals surface area contributed by atoms with E-state index in [1.165, 1.54) is 0 Å². The van der Waals surface area contributed by atoms with Crippen LogP contribution in [0.25, 0.3) is 0 Å². The summed E-state index contributed by atoms with van der Waals surface area (Å²) in [6.45, 7) is 2.61. The minimum absolute atomic E-state index is 0.426. The maximum absolute atomic E-state index is 12.7. The number of aromatic nitrogens is 2. The summed E-state index contributed by atoms with van der Waals surface area (Å²) in [5, 5.41) is 0. The van der Waals surface area contributed by atoms with Crippen LogP contribution in [0.4, 0.5) is 5.82 Å². The van der Waals surface area contributed by atoms with E-state index in [0.717, 1.165) is 0 Å². The normalized spacial score (nSPS) is 13.8. The molecule has 28 heavy (non-hydrogen) atoms. The minimum atomic E-state index is -0.451. The monoisotopic (exact) mass is 377 g/mol. The number of carbonyl (C=O) groups excluding carboxylic acids is 1. The average molecular weight is 377 g/mol. The Morgan fingerprint density at radius 1 is 0.893 bits per heavy atom. The zero-order valence-corrected chi connectivity index (χ0v) is 15.2. The van der Waals surface area contributed by atoms with E-state index in [2.05, 4.69) is 9.97 Å². The Kier molecular flexibility index (Phi) is 5.44. The number of ether oxygens (including phenoxy) is 3. The molecule has 3 heterocycles. The first-order chi connectivity index (χ1) is 13.8. The van der Waals surface area contributed by atoms with Crippen molar-refractivity contribution in [2.24, 2.45) is 0 Å². The van der Waals surface area contributed by atoms with Gasteiger partial charge in [0.1, 0.15) is 22.9 Å². The fourth-order valence-electron chi connectivity index (χ4n) is 2.85. The molecule has 4 rings (SSSR count). The van der Waals surface area contributed by atoms with E-state index < -0.39 is 5.97 Å². The maximum Gasteiger partial charge on any atom is 0.347 e. The van der Waals surface area contributed by atoms with Crippen LogP contribution in [0.5, 0.6) is 17.4 Å². The molecule has 1 fully saturated rings. The molecule has 142 valence electrons. The van der Waals surface area contributed by atoms with E-state index in [-0.39, 0.29) is 0 Å². The number of morpholine rings is 1. The van der Waals surface area contributed by atoms with Crippen molar-refractivity contribution in [1.29, 1.82) is 0 Å². The molecular formula is C21H19N3O4. The predicted octanol–water partition coefficient (Wildman–Crippen LogP) is 3.32. The number of hydrogen-bond acceptors (Lipinski definition) is 7. The van der Waals surface area contributed by atoms with Gasteiger partial charge in [0, 0.05) is 31.5 Å². The van der Waals surface area contributed by atoms with Gasteiger partial charge in [-0.3, -0.25) is 0 Å². The van der Waals surface area contributed by atoms with Crippen molar-refractivity contribution in [2.45, 2.75) is 0 Å². The number of anilines is 1. The molecule has 0 spiro atoms. The molecule has 0 aliphatic carbocycles. The molecule has 0 bridgehead atoms. The van der Waals surface area contributed by atoms with Crippen LogP contribution >= 0.6 is 0 Å². The summed E-state index contributed by atoms with van der Waals surface area (Å²) in [5.74, 6) is 1.70. The predicted molar refractivity (Wildman–Crippen MR) is 103 cm³/mol. The topological polar surface area (TPSA) is 73.8 Å². The van der Waals surface area contributed by atoms with Crippen molar-refractivity contribution in [2.75, 3.05) is 31.2 Å². The molecule has 0 saturated carbocycles. The number of pyridine rings is 2. The van der Waals surface area contributed by atoms with Crippen LogP contribution in [0, 0.1) is 0 Å². The van der Waals surface area contributed by atoms with Crippen molar-refractivity contribution < 1.29 is 19.0 Å². The molecule has 1 aromatic carbocycles. The van der Waals surface area contributed by atoms with Gasteiger partial charge in [0.15, 0.2) is 0 Å². The van der Waals surface area contributed by atoms with Crippen molar-refractivity contribution in [1.82, 2.24) is 9.97 Å². The Morgan fingerprint density at radius 2 is 1.64 bits per heavy atom. The van der Waals surface area contributed by atoms with E-state index in [1.54, 1.807) is 54.9 Å². The van der Waals surface area contributed by atoms with Crippen LogP contribution in [-0.4, -0.2) is 42.2 Å². The molecule has 0 N–H and O–H groups in total. The third-order valence-corrected chi connectivity index (χ3v) is 4.21. The van der Waals surface area contributed by atoms with Crippen LogP contribution in [0.3, 0.4) is 0 Å². The van der Waals surface area contributed by atoms with E-state index in [9.17, 15) is 4.79 Å². The highest BCUT2D eigenvalue weighted by molar-refractivity contribution is 5.96. The summed E-state index contributed by atoms with van der Waals surface area (Å²) in [6, 6.07) is 15.7. The lowest BCUT2D eigenvalue weighted by molar-refractivity contribution is 0.0733. The highest BCUT2D eigenvalue weighted by atomic mass is 16.5. The van der Waals surface area contributed by atoms with E-state index in [1.807, 2.05) is 17.0 Å². The van der Waals surface area contributed by atoms with Gasteiger partial charge < -0.3 is 19.1 Å². The van der Waals surface area contributed by atoms with Crippen LogP contribution in [-0.2, 0) is 4.74 Å². The summed E-state index contributed by atoms with van der Waals surface area (Å²) in [4.78, 5) is 23.2. The van der Waals surface area contributed by atoms with Gasteiger partial charge in [-0.25, -0.2) is 14.8 Å². The molecule has 7 heteroatoms. The Labute approximate surface area is 162 Å². The van der Waals surface area contributed by atoms with Crippen molar-refractivity contribution in [3.63, 3.8) is 0 Å². The SMILES string of the molecule is O=C(Oc1ccc(Oc2ccccn2)cc1)c1cccnc1N1CCOCC1. The summed E-state index contributed by atoms with van der Waals surface area (Å²) in [7, 11) is 0. The number of esters is 1. The average Bonchev–Trinajstić information content (AvgIpc) is 2.76. The Hall–Kier alpha value is -3.45. The van der Waals surface area contributed by atoms with Gasteiger partial charge in [-0.15, -0.1) is 0 Å². The number of rotatable bonds is 5. The second-order valence-corrected chi connectivity index (χ2v) is 6.10. The van der Waals surface area contributed by atoms with Gasteiger partial charge in [-0.2, -0.15) is 0 Å². The van der Waals surface area contributed by atoms with Gasteiger partial charge in [0.2, 0.25) is 5.88 Å². The summed E-state index contributed by atoms with van der Waals surface area (Å²) in [6.07, 6.45) is 3.33. The fraction of sp³-hybridized carbons (Fsp3) is 0.190. The van der Waals surface area contributed by atoms with E-state index in [0.29, 0.717) is 55.1 Å². The quantitative estimate of drug-likeness (QED) is 0.499. The summed E-state index contributed by atoms with van der Waals surface area (Å²) < 4.78 is 16.5. The highest BCUT2D eigenvalue weighted by Gasteiger charge is 2.21. The molecule has 0 radical (unpaired) electrons. The first-order valence-electron chi connectivity index (χ1n) is 8.98. The Balaban J connectivity index is 1.45. The van der Waals surface area contributed by atoms with Gasteiger partial charge in [-0.05, 0) is 42.5 Å². The van der Waals surface area contributed by atoms with Gasteiger partial charge in [0.25, 0.3) is 0 Å². The van der Waals surface area contributed by atoms with Crippen LogP contribution < -0.4 is 14.4 Å². The van der Waals surface area contributed by atoms with Crippen LogP contribution in [0.1, 0.15) is 10.4 Å². The molecule has 0 atom stereocenters. The number of nitrogens with zero attached hydrogens (tertiary/aromatic N) is 3. The zero-order valence-electron chi connectivity index (χ0n) is 15.2. The standard InChI is InChI=1S/C21H19N3O4/c25-21(18-4-3-11-23-20(18)24-12-14-26-15-13-24)28-17-8-6-16(7-9-17)27-19-5-1-2-10-22-19/h1-11H,12-15H2. The Morgan fingerprint density at radius 3 is 2.39 bits per heavy atom. The van der Waals surface area contributed by atoms with Crippen molar-refractivity contribution in [3.05, 3.63) is 72.6 Å². The summed E-state index contributed by atoms with van der Waals surface area (Å²) in [5.41, 5.74) is 0.429. The van der Waals surface area contributed by atoms with Crippen molar-refractivity contribution >= 4 is 11.8 Å². The van der Waals surface area contributed by atoms with Gasteiger partial charge in [-0.1, -0.05) is 6.07 Å². The smallest absolute Gasteiger partial charge is 0.347 e. The van der Waals surface area contributed by atoms with Gasteiger partial charge >= 0.3 is 5.97 Å². The largest absolute Gasteiger partial charge is 0.439 e. The third kappa shape index (κ3) is 4.27. The Bertz CT molecular complexity index is 926. The van der Waals surface area contributed by atoms with E-state index >= 15 is 0 Å². The maximum atomic E-state index is 12.7. The molecular weight excluding hydrogens is 358 g/mol. The summed E-state index contributed by atoms with van der Waals surface area (Å²) >= 11 is 0. The van der Waals surface area contributed by atoms with Gasteiger partial charge in [0.05, 0.1) is 13.2 Å². The fourth-order valence-corrected chi connectivity index (χ4v) is 2.85. The molecule has 2 aromatic heterocycles. The second-order valence-electron chi connectivity index (χ2n) is 6.10. The van der Waals surface area contributed by atoms with Crippen LogP contribution in [0.2, 0.25) is 0 Å². The second kappa shape index (κ2) is 8.49. The number of carbonyl (C=O) groups is 1.